The number of rotatable bonds is 6. The lowest BCUT2D eigenvalue weighted by atomic mass is 10.1. The van der Waals surface area contributed by atoms with Crippen LogP contribution in [0.3, 0.4) is 0 Å². The predicted molar refractivity (Wildman–Crippen MR) is 123 cm³/mol. The molecule has 2 aromatic carbocycles. The van der Waals surface area contributed by atoms with Gasteiger partial charge < -0.3 is 4.84 Å². The van der Waals surface area contributed by atoms with E-state index in [4.69, 9.17) is 16.4 Å². The number of fused-ring (bicyclic) bond motifs is 1. The number of hydrogen-bond acceptors (Lipinski definition) is 7. The summed E-state index contributed by atoms with van der Waals surface area (Å²) >= 11 is 7.53. The molecule has 0 unspecified atom stereocenters. The van der Waals surface area contributed by atoms with Gasteiger partial charge in [-0.05, 0) is 49.9 Å². The van der Waals surface area contributed by atoms with E-state index < -0.39 is 15.7 Å². The molecule has 1 aliphatic rings. The number of amides is 1. The van der Waals surface area contributed by atoms with E-state index in [2.05, 4.69) is 15.5 Å². The summed E-state index contributed by atoms with van der Waals surface area (Å²) in [4.78, 5) is 23.1. The van der Waals surface area contributed by atoms with Gasteiger partial charge in [0.1, 0.15) is 6.10 Å². The number of para-hydroxylation sites is 1. The van der Waals surface area contributed by atoms with E-state index in [0.717, 1.165) is 42.2 Å². The van der Waals surface area contributed by atoms with Crippen LogP contribution in [0.15, 0.2) is 52.5 Å². The first-order chi connectivity index (χ1) is 14.8. The van der Waals surface area contributed by atoms with E-state index >= 15 is 0 Å². The summed E-state index contributed by atoms with van der Waals surface area (Å²) in [5.41, 5.74) is 1.14. The van der Waals surface area contributed by atoms with E-state index in [1.165, 1.54) is 29.5 Å². The number of anilines is 1. The molecular formula is C21H20ClN3O4S2. The molecule has 0 aliphatic heterocycles. The van der Waals surface area contributed by atoms with Crippen LogP contribution in [0.5, 0.6) is 0 Å². The molecule has 162 valence electrons. The van der Waals surface area contributed by atoms with Crippen molar-refractivity contribution < 1.29 is 18.0 Å². The zero-order valence-electron chi connectivity index (χ0n) is 16.7. The fourth-order valence-electron chi connectivity index (χ4n) is 3.38. The lowest BCUT2D eigenvalue weighted by Gasteiger charge is -2.11. The first kappa shape index (κ1) is 21.7. The fourth-order valence-corrected chi connectivity index (χ4v) is 5.57. The van der Waals surface area contributed by atoms with Crippen molar-refractivity contribution in [1.29, 1.82) is 0 Å². The standard InChI is InChI=1S/C21H20ClN3O4S2/c1-31(27,28)18-11-10-13(12-15(18)22)19(25-29-14-6-2-3-7-14)20(26)24-21-23-16-8-4-5-9-17(16)30-21/h4-5,8-12,14H,2-3,6-7H2,1H3,(H,23,24,26)/b25-19+. The van der Waals surface area contributed by atoms with Gasteiger partial charge in [-0.2, -0.15) is 0 Å². The van der Waals surface area contributed by atoms with Crippen molar-refractivity contribution in [1.82, 2.24) is 4.98 Å². The van der Waals surface area contributed by atoms with Gasteiger partial charge in [-0.1, -0.05) is 46.3 Å². The van der Waals surface area contributed by atoms with Gasteiger partial charge in [-0.3, -0.25) is 10.1 Å². The minimum absolute atomic E-state index is 0.00751. The van der Waals surface area contributed by atoms with Crippen molar-refractivity contribution in [2.45, 2.75) is 36.7 Å². The summed E-state index contributed by atoms with van der Waals surface area (Å²) < 4.78 is 24.7. The lowest BCUT2D eigenvalue weighted by Crippen LogP contribution is -2.25. The predicted octanol–water partition coefficient (Wildman–Crippen LogP) is 4.66. The Kier molecular flexibility index (Phi) is 6.27. The Hall–Kier alpha value is -2.49. The highest BCUT2D eigenvalue weighted by Crippen LogP contribution is 2.27. The number of benzene rings is 2. The number of carbonyl (C=O) groups excluding carboxylic acids is 1. The average molecular weight is 478 g/mol. The molecular weight excluding hydrogens is 458 g/mol. The number of halogens is 1. The Balaban J connectivity index is 1.65. The molecule has 1 aromatic heterocycles. The summed E-state index contributed by atoms with van der Waals surface area (Å²) in [5, 5.41) is 7.34. The quantitative estimate of drug-likeness (QED) is 0.411. The molecule has 3 aromatic rings. The van der Waals surface area contributed by atoms with Crippen LogP contribution in [0.25, 0.3) is 10.2 Å². The number of aromatic nitrogens is 1. The molecule has 31 heavy (non-hydrogen) atoms. The maximum Gasteiger partial charge on any atom is 0.280 e. The summed E-state index contributed by atoms with van der Waals surface area (Å²) in [6, 6.07) is 11.8. The maximum atomic E-state index is 13.1. The third-order valence-corrected chi connectivity index (χ3v) is 7.46. The van der Waals surface area contributed by atoms with E-state index in [9.17, 15) is 13.2 Å². The third kappa shape index (κ3) is 5.06. The van der Waals surface area contributed by atoms with Crippen molar-refractivity contribution in [3.8, 4) is 0 Å². The SMILES string of the molecule is CS(=O)(=O)c1ccc(/C(=N\OC2CCCC2)C(=O)Nc2nc3ccccc3s2)cc1Cl. The second-order valence-electron chi connectivity index (χ2n) is 7.31. The van der Waals surface area contributed by atoms with Crippen LogP contribution < -0.4 is 5.32 Å². The van der Waals surface area contributed by atoms with Gasteiger partial charge in [0.2, 0.25) is 0 Å². The summed E-state index contributed by atoms with van der Waals surface area (Å²) in [5.74, 6) is -0.514. The zero-order chi connectivity index (χ0) is 22.0. The number of carbonyl (C=O) groups is 1. The van der Waals surface area contributed by atoms with E-state index in [0.29, 0.717) is 10.7 Å². The van der Waals surface area contributed by atoms with Crippen LogP contribution in [0.1, 0.15) is 31.2 Å². The molecule has 7 nitrogen and oxygen atoms in total. The molecule has 1 amide bonds. The van der Waals surface area contributed by atoms with Gasteiger partial charge >= 0.3 is 0 Å². The summed E-state index contributed by atoms with van der Waals surface area (Å²) in [6.07, 6.45) is 4.90. The molecule has 1 N–H and O–H groups in total. The summed E-state index contributed by atoms with van der Waals surface area (Å²) in [7, 11) is -3.50. The van der Waals surface area contributed by atoms with Gasteiger partial charge in [0, 0.05) is 11.8 Å². The Morgan fingerprint density at radius 3 is 2.65 bits per heavy atom. The number of sulfone groups is 1. The Morgan fingerprint density at radius 2 is 1.97 bits per heavy atom. The molecule has 1 aliphatic carbocycles. The lowest BCUT2D eigenvalue weighted by molar-refractivity contribution is -0.110. The number of thiazole rings is 1. The first-order valence-electron chi connectivity index (χ1n) is 9.72. The van der Waals surface area contributed by atoms with Gasteiger partial charge in [-0.25, -0.2) is 13.4 Å². The largest absolute Gasteiger partial charge is 0.392 e. The van der Waals surface area contributed by atoms with E-state index in [1.807, 2.05) is 24.3 Å². The number of nitrogens with one attached hydrogen (secondary N) is 1. The monoisotopic (exact) mass is 477 g/mol. The minimum Gasteiger partial charge on any atom is -0.392 e. The molecule has 1 saturated carbocycles. The average Bonchev–Trinajstić information content (AvgIpc) is 3.36. The number of nitrogens with zero attached hydrogens (tertiary/aromatic N) is 2. The van der Waals surface area contributed by atoms with Crippen LogP contribution >= 0.6 is 22.9 Å². The second kappa shape index (κ2) is 8.94. The maximum absolute atomic E-state index is 13.1. The molecule has 0 spiro atoms. The van der Waals surface area contributed by atoms with Crippen molar-refractivity contribution in [2.24, 2.45) is 5.16 Å². The van der Waals surface area contributed by atoms with E-state index in [1.54, 1.807) is 0 Å². The topological polar surface area (TPSA) is 97.7 Å². The smallest absolute Gasteiger partial charge is 0.280 e. The van der Waals surface area contributed by atoms with Crippen molar-refractivity contribution in [2.75, 3.05) is 11.6 Å². The zero-order valence-corrected chi connectivity index (χ0v) is 19.1. The summed E-state index contributed by atoms with van der Waals surface area (Å²) in [6.45, 7) is 0. The first-order valence-corrected chi connectivity index (χ1v) is 12.8. The van der Waals surface area contributed by atoms with E-state index in [-0.39, 0.29) is 21.7 Å². The molecule has 0 bridgehead atoms. The second-order valence-corrected chi connectivity index (χ2v) is 10.7. The van der Waals surface area contributed by atoms with Crippen LogP contribution in [-0.2, 0) is 19.5 Å². The van der Waals surface area contributed by atoms with Crippen LogP contribution in [0, 0.1) is 0 Å². The molecule has 1 heterocycles. The molecule has 0 saturated heterocycles. The Morgan fingerprint density at radius 1 is 1.23 bits per heavy atom. The molecule has 0 radical (unpaired) electrons. The van der Waals surface area contributed by atoms with Gasteiger partial charge in [-0.15, -0.1) is 0 Å². The van der Waals surface area contributed by atoms with Crippen LogP contribution in [-0.4, -0.2) is 37.4 Å². The highest BCUT2D eigenvalue weighted by atomic mass is 35.5. The van der Waals surface area contributed by atoms with Crippen LogP contribution in [0.4, 0.5) is 5.13 Å². The highest BCUT2D eigenvalue weighted by Gasteiger charge is 2.22. The molecule has 4 rings (SSSR count). The Labute approximate surface area is 189 Å². The highest BCUT2D eigenvalue weighted by molar-refractivity contribution is 7.90. The third-order valence-electron chi connectivity index (χ3n) is 4.93. The fraction of sp³-hybridized carbons (Fsp3) is 0.286. The molecule has 0 atom stereocenters. The van der Waals surface area contributed by atoms with Crippen molar-refractivity contribution in [3.63, 3.8) is 0 Å². The van der Waals surface area contributed by atoms with Gasteiger partial charge in [0.15, 0.2) is 20.7 Å². The van der Waals surface area contributed by atoms with Crippen molar-refractivity contribution in [3.05, 3.63) is 53.1 Å². The Bertz CT molecular complexity index is 1230. The molecule has 10 heteroatoms. The number of oxime groups is 1. The van der Waals surface area contributed by atoms with Crippen molar-refractivity contribution >= 4 is 59.7 Å². The normalized spacial score (nSPS) is 15.4. The molecule has 1 fully saturated rings. The van der Waals surface area contributed by atoms with Crippen LogP contribution in [0.2, 0.25) is 5.02 Å². The number of hydrogen-bond donors (Lipinski definition) is 1. The van der Waals surface area contributed by atoms with Gasteiger partial charge in [0.25, 0.3) is 5.91 Å². The minimum atomic E-state index is -3.50. The van der Waals surface area contributed by atoms with Gasteiger partial charge in [0.05, 0.1) is 20.1 Å².